The molecule has 13 nitrogen and oxygen atoms in total. The highest BCUT2D eigenvalue weighted by molar-refractivity contribution is 7.47. The van der Waals surface area contributed by atoms with E-state index in [-0.39, 0.29) is 44.5 Å². The monoisotopic (exact) mass is 534 g/mol. The molecule has 0 radical (unpaired) electrons. The van der Waals surface area contributed by atoms with Crippen molar-refractivity contribution < 1.29 is 52.3 Å². The number of aromatic nitrogens is 2. The predicted octanol–water partition coefficient (Wildman–Crippen LogP) is 2.93. The largest absolute Gasteiger partial charge is 0.481 e. The van der Waals surface area contributed by atoms with Crippen LogP contribution < -0.4 is 0 Å². The fourth-order valence-electron chi connectivity index (χ4n) is 3.00. The zero-order chi connectivity index (χ0) is 27.0. The van der Waals surface area contributed by atoms with E-state index in [1.807, 2.05) is 0 Å². The fourth-order valence-corrected chi connectivity index (χ4v) is 3.83. The van der Waals surface area contributed by atoms with Crippen LogP contribution in [0.15, 0.2) is 12.5 Å². The molecular formula is C22H35N2O11P. The molecule has 0 aliphatic carbocycles. The molecule has 0 aliphatic rings. The van der Waals surface area contributed by atoms with E-state index in [4.69, 9.17) is 18.5 Å². The number of hydrogen-bond acceptors (Lipinski definition) is 10. The van der Waals surface area contributed by atoms with Crippen LogP contribution >= 0.6 is 7.82 Å². The van der Waals surface area contributed by atoms with E-state index in [2.05, 4.69) is 9.97 Å². The van der Waals surface area contributed by atoms with E-state index < -0.39 is 44.5 Å². The number of nitrogens with zero attached hydrogens (tertiary/aromatic N) is 1. The van der Waals surface area contributed by atoms with Gasteiger partial charge in [0.1, 0.15) is 5.78 Å². The number of Topliss-reactive ketones (excluding diaryl/α,β-unsaturated/α-hetero) is 1. The van der Waals surface area contributed by atoms with Crippen LogP contribution in [0.4, 0.5) is 0 Å². The minimum atomic E-state index is -4.63. The number of nitrogens with one attached hydrogen (secondary N) is 1. The molecule has 0 bridgehead atoms. The summed E-state index contributed by atoms with van der Waals surface area (Å²) in [7, 11) is -4.63. The van der Waals surface area contributed by atoms with Crippen LogP contribution in [0.25, 0.3) is 0 Å². The maximum absolute atomic E-state index is 12.2. The number of rotatable bonds is 20. The number of hydrogen-bond donors (Lipinski definition) is 3. The van der Waals surface area contributed by atoms with E-state index in [1.165, 1.54) is 12.5 Å². The van der Waals surface area contributed by atoms with Gasteiger partial charge >= 0.3 is 25.7 Å². The van der Waals surface area contributed by atoms with Crippen LogP contribution in [0.5, 0.6) is 0 Å². The summed E-state index contributed by atoms with van der Waals surface area (Å²) in [6.07, 6.45) is 3.42. The van der Waals surface area contributed by atoms with Gasteiger partial charge in [0.15, 0.2) is 6.61 Å². The van der Waals surface area contributed by atoms with Gasteiger partial charge in [0.2, 0.25) is 6.29 Å². The van der Waals surface area contributed by atoms with E-state index in [9.17, 15) is 33.7 Å². The summed E-state index contributed by atoms with van der Waals surface area (Å²) in [5.74, 6) is -3.40. The number of carboxylic acids is 1. The average Bonchev–Trinajstić information content (AvgIpc) is 3.32. The quantitative estimate of drug-likeness (QED) is 0.0960. The van der Waals surface area contributed by atoms with Crippen LogP contribution in [-0.2, 0) is 48.7 Å². The molecule has 0 aromatic carbocycles. The Morgan fingerprint density at radius 1 is 1.11 bits per heavy atom. The highest BCUT2D eigenvalue weighted by atomic mass is 31.2. The van der Waals surface area contributed by atoms with Crippen LogP contribution in [0.3, 0.4) is 0 Å². The molecule has 0 saturated carbocycles. The van der Waals surface area contributed by atoms with Crippen LogP contribution in [0.1, 0.15) is 70.9 Å². The Morgan fingerprint density at radius 2 is 1.86 bits per heavy atom. The lowest BCUT2D eigenvalue weighted by atomic mass is 9.95. The van der Waals surface area contributed by atoms with E-state index in [0.29, 0.717) is 31.4 Å². The van der Waals surface area contributed by atoms with Crippen molar-refractivity contribution in [3.63, 3.8) is 0 Å². The first-order chi connectivity index (χ1) is 17.1. The lowest BCUT2D eigenvalue weighted by molar-refractivity contribution is -0.179. The minimum Gasteiger partial charge on any atom is -0.481 e. The zero-order valence-electron chi connectivity index (χ0n) is 20.6. The first-order valence-electron chi connectivity index (χ1n) is 11.8. The Labute approximate surface area is 209 Å². The van der Waals surface area contributed by atoms with Crippen molar-refractivity contribution in [2.75, 3.05) is 13.2 Å². The topological polar surface area (TPSA) is 191 Å². The second-order valence-corrected chi connectivity index (χ2v) is 9.39. The average molecular weight is 534 g/mol. The van der Waals surface area contributed by atoms with Crippen molar-refractivity contribution in [2.24, 2.45) is 5.92 Å². The van der Waals surface area contributed by atoms with Gasteiger partial charge in [-0.2, -0.15) is 0 Å². The highest BCUT2D eigenvalue weighted by Gasteiger charge is 2.30. The molecule has 0 saturated heterocycles. The molecule has 1 rings (SSSR count). The number of carbonyl (C=O) groups is 4. The number of carboxylic acid groups (broad SMARTS) is 1. The van der Waals surface area contributed by atoms with Gasteiger partial charge in [-0.15, -0.1) is 0 Å². The molecule has 14 heteroatoms. The highest BCUT2D eigenvalue weighted by Crippen LogP contribution is 2.45. The summed E-state index contributed by atoms with van der Waals surface area (Å²) in [5.41, 5.74) is 0.633. The number of imidazole rings is 1. The summed E-state index contributed by atoms with van der Waals surface area (Å²) >= 11 is 0. The maximum atomic E-state index is 12.2. The molecule has 1 heterocycles. The molecule has 0 aliphatic heterocycles. The third-order valence-corrected chi connectivity index (χ3v) is 5.85. The predicted molar refractivity (Wildman–Crippen MR) is 124 cm³/mol. The summed E-state index contributed by atoms with van der Waals surface area (Å²) in [4.78, 5) is 63.2. The van der Waals surface area contributed by atoms with Gasteiger partial charge in [-0.25, -0.2) is 14.1 Å². The summed E-state index contributed by atoms with van der Waals surface area (Å²) in [6.45, 7) is 2.56. The molecule has 3 N–H and O–H groups in total. The van der Waals surface area contributed by atoms with Crippen LogP contribution in [-0.4, -0.2) is 63.2 Å². The smallest absolute Gasteiger partial charge is 0.475 e. The Kier molecular flexibility index (Phi) is 14.8. The van der Waals surface area contributed by atoms with Crippen molar-refractivity contribution in [3.8, 4) is 0 Å². The molecule has 0 spiro atoms. The number of phosphoric ester groups is 1. The fraction of sp³-hybridized carbons (Fsp3) is 0.682. The van der Waals surface area contributed by atoms with Gasteiger partial charge in [-0.05, 0) is 19.3 Å². The molecule has 3 unspecified atom stereocenters. The van der Waals surface area contributed by atoms with E-state index >= 15 is 0 Å². The standard InChI is InChI=1S/C22H35N2O11P/c1-3-8-20(27)34-21(14-32-19(26)4-2)35-36(30,31)33-10-7-5-6-9-18(25)12-16(22(28)29)11-17-13-23-15-24-17/h13,15-16,21H,3-12,14H2,1-2H3,(H,23,24)(H,28,29)(H,30,31). The van der Waals surface area contributed by atoms with Gasteiger partial charge < -0.3 is 24.5 Å². The number of aliphatic carboxylic acids is 1. The molecule has 0 fully saturated rings. The molecule has 36 heavy (non-hydrogen) atoms. The number of esters is 2. The van der Waals surface area contributed by atoms with Crippen molar-refractivity contribution >= 4 is 31.5 Å². The van der Waals surface area contributed by atoms with Gasteiger partial charge in [-0.1, -0.05) is 20.3 Å². The second kappa shape index (κ2) is 17.0. The summed E-state index contributed by atoms with van der Waals surface area (Å²) in [6, 6.07) is 0. The first-order valence-corrected chi connectivity index (χ1v) is 13.3. The molecule has 0 amide bonds. The van der Waals surface area contributed by atoms with Gasteiger partial charge in [0.25, 0.3) is 0 Å². The lowest BCUT2D eigenvalue weighted by Gasteiger charge is -2.20. The van der Waals surface area contributed by atoms with E-state index in [0.717, 1.165) is 0 Å². The van der Waals surface area contributed by atoms with Gasteiger partial charge in [0.05, 0.1) is 18.9 Å². The SMILES string of the molecule is CCCC(=O)OC(COC(=O)CC)OP(=O)(O)OCCCCCC(=O)CC(Cc1cnc[nH]1)C(=O)O. The number of unbranched alkanes of at least 4 members (excludes halogenated alkanes) is 2. The van der Waals surface area contributed by atoms with Crippen LogP contribution in [0.2, 0.25) is 0 Å². The Balaban J connectivity index is 2.37. The first kappa shape index (κ1) is 31.4. The van der Waals surface area contributed by atoms with Gasteiger partial charge in [-0.3, -0.25) is 23.7 Å². The zero-order valence-corrected chi connectivity index (χ0v) is 21.4. The Hall–Kier alpha value is -2.60. The van der Waals surface area contributed by atoms with E-state index in [1.54, 1.807) is 13.8 Å². The maximum Gasteiger partial charge on any atom is 0.475 e. The van der Waals surface area contributed by atoms with Gasteiger partial charge in [0, 0.05) is 44.0 Å². The number of phosphoric acid groups is 1. The summed E-state index contributed by atoms with van der Waals surface area (Å²) in [5, 5.41) is 9.33. The van der Waals surface area contributed by atoms with Crippen molar-refractivity contribution in [1.82, 2.24) is 9.97 Å². The van der Waals surface area contributed by atoms with Crippen molar-refractivity contribution in [2.45, 2.75) is 77.9 Å². The Bertz CT molecular complexity index is 875. The number of ketones is 1. The second-order valence-electron chi connectivity index (χ2n) is 7.98. The third-order valence-electron chi connectivity index (χ3n) is 4.84. The molecule has 1 aromatic heterocycles. The number of aromatic amines is 1. The van der Waals surface area contributed by atoms with Crippen molar-refractivity contribution in [1.29, 1.82) is 0 Å². The Morgan fingerprint density at radius 3 is 2.47 bits per heavy atom. The number of carbonyl (C=O) groups excluding carboxylic acids is 3. The number of H-pyrrole nitrogens is 1. The normalized spacial score (nSPS) is 14.4. The number of ether oxygens (including phenoxy) is 2. The molecule has 3 atom stereocenters. The molecule has 204 valence electrons. The molecule has 1 aromatic rings. The third kappa shape index (κ3) is 14.1. The minimum absolute atomic E-state index is 0.0489. The van der Waals surface area contributed by atoms with Crippen LogP contribution in [0, 0.1) is 5.92 Å². The van der Waals surface area contributed by atoms with Crippen molar-refractivity contribution in [3.05, 3.63) is 18.2 Å². The lowest BCUT2D eigenvalue weighted by Crippen LogP contribution is -2.27. The summed E-state index contributed by atoms with van der Waals surface area (Å²) < 4.78 is 31.7. The molecular weight excluding hydrogens is 499 g/mol.